The fraction of sp³-hybridized carbons (Fsp3) is 0.462. The van der Waals surface area contributed by atoms with Gasteiger partial charge in [-0.25, -0.2) is 9.97 Å². The number of likely N-dealkylation sites (tertiary alicyclic amines) is 1. The lowest BCUT2D eigenvalue weighted by atomic mass is 10.00. The number of anilines is 1. The van der Waals surface area contributed by atoms with Crippen LogP contribution in [-0.4, -0.2) is 82.0 Å². The molecule has 6 rings (SSSR count). The second-order valence-electron chi connectivity index (χ2n) is 10.1. The van der Waals surface area contributed by atoms with Gasteiger partial charge >= 0.3 is 0 Å². The maximum Gasteiger partial charge on any atom is 0.248 e. The molecule has 2 aromatic heterocycles. The van der Waals surface area contributed by atoms with Crippen molar-refractivity contribution in [3.63, 3.8) is 0 Å². The largest absolute Gasteiger partial charge is 0.366 e. The molecule has 0 atom stereocenters. The average molecular weight is 474 g/mol. The Balaban J connectivity index is 0.965. The molecule has 9 heteroatoms. The van der Waals surface area contributed by atoms with Gasteiger partial charge in [-0.05, 0) is 47.9 Å². The van der Waals surface area contributed by atoms with Gasteiger partial charge in [-0.15, -0.1) is 0 Å². The molecule has 1 aliphatic carbocycles. The Labute approximate surface area is 204 Å². The van der Waals surface area contributed by atoms with E-state index in [1.807, 2.05) is 29.4 Å². The van der Waals surface area contributed by atoms with Gasteiger partial charge < -0.3 is 20.1 Å². The van der Waals surface area contributed by atoms with E-state index in [-0.39, 0.29) is 5.91 Å². The highest BCUT2D eigenvalue weighted by atomic mass is 16.2. The summed E-state index contributed by atoms with van der Waals surface area (Å²) in [6, 6.07) is 7.63. The number of rotatable bonds is 7. The maximum atomic E-state index is 12.9. The third-order valence-corrected chi connectivity index (χ3v) is 7.53. The van der Waals surface area contributed by atoms with Crippen molar-refractivity contribution < 1.29 is 9.59 Å². The zero-order chi connectivity index (χ0) is 23.9. The van der Waals surface area contributed by atoms with Gasteiger partial charge in [-0.2, -0.15) is 0 Å². The summed E-state index contributed by atoms with van der Waals surface area (Å²) in [5.74, 6) is 1.71. The lowest BCUT2D eigenvalue weighted by Crippen LogP contribution is -2.55. The SMILES string of the molecule is NC(=O)c1ccc2ccn(CC3CN(CC(=O)N4CCN(c5ncc(C6CC6)cn5)CC4)C3)c2c1. The second-order valence-corrected chi connectivity index (χ2v) is 10.1. The van der Waals surface area contributed by atoms with E-state index in [1.54, 1.807) is 6.07 Å². The van der Waals surface area contributed by atoms with Gasteiger partial charge in [0.05, 0.1) is 6.54 Å². The van der Waals surface area contributed by atoms with Gasteiger partial charge in [0, 0.05) is 81.4 Å². The zero-order valence-corrected chi connectivity index (χ0v) is 19.8. The molecule has 35 heavy (non-hydrogen) atoms. The summed E-state index contributed by atoms with van der Waals surface area (Å²) in [5.41, 5.74) is 8.24. The van der Waals surface area contributed by atoms with Crippen LogP contribution in [0.2, 0.25) is 0 Å². The Morgan fingerprint density at radius 2 is 1.74 bits per heavy atom. The molecule has 182 valence electrons. The quantitative estimate of drug-likeness (QED) is 0.561. The Hall–Kier alpha value is -3.46. The molecular weight excluding hydrogens is 442 g/mol. The molecule has 4 heterocycles. The van der Waals surface area contributed by atoms with Crippen LogP contribution in [0.5, 0.6) is 0 Å². The van der Waals surface area contributed by atoms with Crippen molar-refractivity contribution in [3.8, 4) is 0 Å². The van der Waals surface area contributed by atoms with E-state index < -0.39 is 5.91 Å². The van der Waals surface area contributed by atoms with Crippen molar-refractivity contribution in [2.45, 2.75) is 25.3 Å². The van der Waals surface area contributed by atoms with Crippen molar-refractivity contribution in [1.29, 1.82) is 0 Å². The third kappa shape index (κ3) is 4.60. The first-order chi connectivity index (χ1) is 17.0. The van der Waals surface area contributed by atoms with Gasteiger partial charge in [0.2, 0.25) is 17.8 Å². The van der Waals surface area contributed by atoms with Crippen molar-refractivity contribution in [2.75, 3.05) is 50.7 Å². The van der Waals surface area contributed by atoms with Crippen LogP contribution in [0, 0.1) is 5.92 Å². The highest BCUT2D eigenvalue weighted by Gasteiger charge is 2.31. The van der Waals surface area contributed by atoms with Gasteiger partial charge in [-0.1, -0.05) is 6.07 Å². The maximum absolute atomic E-state index is 12.9. The average Bonchev–Trinajstić information content (AvgIpc) is 3.63. The van der Waals surface area contributed by atoms with Crippen molar-refractivity contribution in [1.82, 2.24) is 24.3 Å². The number of hydrogen-bond donors (Lipinski definition) is 1. The number of hydrogen-bond acceptors (Lipinski definition) is 6. The fourth-order valence-electron chi connectivity index (χ4n) is 5.27. The Morgan fingerprint density at radius 1 is 1.00 bits per heavy atom. The van der Waals surface area contributed by atoms with Crippen LogP contribution in [-0.2, 0) is 11.3 Å². The Bertz CT molecular complexity index is 1240. The molecule has 0 unspecified atom stereocenters. The predicted octanol–water partition coefficient (Wildman–Crippen LogP) is 1.69. The topological polar surface area (TPSA) is 101 Å². The Kier molecular flexibility index (Phi) is 5.64. The van der Waals surface area contributed by atoms with Gasteiger partial charge in [0.25, 0.3) is 0 Å². The lowest BCUT2D eigenvalue weighted by Gasteiger charge is -2.41. The number of nitrogens with two attached hydrogens (primary N) is 1. The van der Waals surface area contributed by atoms with Crippen LogP contribution < -0.4 is 10.6 Å². The monoisotopic (exact) mass is 473 g/mol. The molecule has 3 aliphatic rings. The molecule has 0 spiro atoms. The number of carbonyl (C=O) groups is 2. The lowest BCUT2D eigenvalue weighted by molar-refractivity contribution is -0.134. The van der Waals surface area contributed by atoms with E-state index in [9.17, 15) is 9.59 Å². The van der Waals surface area contributed by atoms with Crippen molar-refractivity contribution in [3.05, 3.63) is 54.0 Å². The molecule has 3 aromatic rings. The van der Waals surface area contributed by atoms with Crippen LogP contribution in [0.25, 0.3) is 10.9 Å². The predicted molar refractivity (Wildman–Crippen MR) is 133 cm³/mol. The van der Waals surface area contributed by atoms with E-state index >= 15 is 0 Å². The fourth-order valence-corrected chi connectivity index (χ4v) is 5.27. The Morgan fingerprint density at radius 3 is 2.43 bits per heavy atom. The van der Waals surface area contributed by atoms with E-state index in [0.29, 0.717) is 37.0 Å². The number of piperazine rings is 1. The second kappa shape index (κ2) is 8.96. The van der Waals surface area contributed by atoms with Gasteiger partial charge in [0.15, 0.2) is 0 Å². The van der Waals surface area contributed by atoms with Gasteiger partial charge in [-0.3, -0.25) is 14.5 Å². The molecule has 0 radical (unpaired) electrons. The summed E-state index contributed by atoms with van der Waals surface area (Å²) in [5, 5.41) is 1.10. The first-order valence-corrected chi connectivity index (χ1v) is 12.5. The van der Waals surface area contributed by atoms with E-state index in [0.717, 1.165) is 49.6 Å². The number of primary amides is 1. The minimum absolute atomic E-state index is 0.200. The summed E-state index contributed by atoms with van der Waals surface area (Å²) in [4.78, 5) is 39.9. The number of nitrogens with zero attached hydrogens (tertiary/aromatic N) is 6. The number of carbonyl (C=O) groups excluding carboxylic acids is 2. The molecule has 2 amide bonds. The molecule has 2 saturated heterocycles. The molecule has 9 nitrogen and oxygen atoms in total. The van der Waals surface area contributed by atoms with Crippen LogP contribution in [0.15, 0.2) is 42.9 Å². The molecule has 2 N–H and O–H groups in total. The van der Waals surface area contributed by atoms with Crippen LogP contribution in [0.4, 0.5) is 5.95 Å². The van der Waals surface area contributed by atoms with Gasteiger partial charge in [0.1, 0.15) is 0 Å². The minimum Gasteiger partial charge on any atom is -0.366 e. The molecule has 2 aliphatic heterocycles. The number of benzene rings is 1. The standard InChI is InChI=1S/C26H31N7O2/c27-25(35)21-4-3-20-5-6-33(23(20)11-21)16-18-14-30(15-18)17-24(34)31-7-9-32(10-8-31)26-28-12-22(13-29-26)19-1-2-19/h3-6,11-13,18-19H,1-2,7-10,14-17H2,(H2,27,35). The van der Waals surface area contributed by atoms with E-state index in [2.05, 4.69) is 36.6 Å². The summed E-state index contributed by atoms with van der Waals surface area (Å²) in [7, 11) is 0. The third-order valence-electron chi connectivity index (χ3n) is 7.53. The summed E-state index contributed by atoms with van der Waals surface area (Å²) in [6.07, 6.45) is 8.49. The highest BCUT2D eigenvalue weighted by molar-refractivity contribution is 5.97. The number of fused-ring (bicyclic) bond motifs is 1. The smallest absolute Gasteiger partial charge is 0.248 e. The number of aromatic nitrogens is 3. The number of amides is 2. The summed E-state index contributed by atoms with van der Waals surface area (Å²) in [6.45, 7) is 6.11. The van der Waals surface area contributed by atoms with Crippen LogP contribution in [0.3, 0.4) is 0 Å². The molecule has 3 fully saturated rings. The molecular formula is C26H31N7O2. The highest BCUT2D eigenvalue weighted by Crippen LogP contribution is 2.39. The van der Waals surface area contributed by atoms with E-state index in [4.69, 9.17) is 5.73 Å². The molecule has 1 saturated carbocycles. The minimum atomic E-state index is -0.409. The van der Waals surface area contributed by atoms with Crippen LogP contribution in [0.1, 0.15) is 34.7 Å². The molecule has 0 bridgehead atoms. The van der Waals surface area contributed by atoms with E-state index in [1.165, 1.54) is 18.4 Å². The summed E-state index contributed by atoms with van der Waals surface area (Å²) < 4.78 is 2.18. The first kappa shape index (κ1) is 22.0. The normalized spacial score (nSPS) is 19.2. The zero-order valence-electron chi connectivity index (χ0n) is 19.8. The molecule has 1 aromatic carbocycles. The summed E-state index contributed by atoms with van der Waals surface area (Å²) >= 11 is 0. The first-order valence-electron chi connectivity index (χ1n) is 12.5. The van der Waals surface area contributed by atoms with Crippen molar-refractivity contribution in [2.24, 2.45) is 11.7 Å². The van der Waals surface area contributed by atoms with Crippen molar-refractivity contribution >= 4 is 28.7 Å². The van der Waals surface area contributed by atoms with Crippen LogP contribution >= 0.6 is 0 Å².